The molecule has 0 saturated carbocycles. The van der Waals surface area contributed by atoms with Gasteiger partial charge in [0.2, 0.25) is 0 Å². The fourth-order valence-electron chi connectivity index (χ4n) is 1.27. The first-order valence-corrected chi connectivity index (χ1v) is 8.19. The minimum atomic E-state index is -4.06. The van der Waals surface area contributed by atoms with Gasteiger partial charge in [-0.25, -0.2) is 17.2 Å². The number of thiophene rings is 1. The first kappa shape index (κ1) is 14.7. The average molecular weight is 389 g/mol. The van der Waals surface area contributed by atoms with Gasteiger partial charge in [-0.3, -0.25) is 4.72 Å². The molecule has 9 heteroatoms. The van der Waals surface area contributed by atoms with E-state index in [2.05, 4.69) is 15.9 Å². The summed E-state index contributed by atoms with van der Waals surface area (Å²) in [6, 6.07) is 4.56. The summed E-state index contributed by atoms with van der Waals surface area (Å²) in [5.74, 6) is -2.03. The van der Waals surface area contributed by atoms with Gasteiger partial charge in [-0.15, -0.1) is 11.3 Å². The van der Waals surface area contributed by atoms with Crippen molar-refractivity contribution in [2.75, 3.05) is 4.72 Å². The summed E-state index contributed by atoms with van der Waals surface area (Å²) in [5, 5.41) is 0. The molecule has 19 heavy (non-hydrogen) atoms. The molecule has 1 aromatic carbocycles. The fraction of sp³-hybridized carbons (Fsp3) is 0. The van der Waals surface area contributed by atoms with E-state index in [1.807, 2.05) is 4.72 Å². The van der Waals surface area contributed by atoms with Gasteiger partial charge in [-0.1, -0.05) is 27.5 Å². The predicted molar refractivity (Wildman–Crippen MR) is 74.2 cm³/mol. The molecule has 0 aliphatic rings. The van der Waals surface area contributed by atoms with Gasteiger partial charge in [0.25, 0.3) is 10.0 Å². The van der Waals surface area contributed by atoms with E-state index in [-0.39, 0.29) is 13.0 Å². The molecule has 102 valence electrons. The molecule has 0 aliphatic carbocycles. The lowest BCUT2D eigenvalue weighted by atomic mass is 10.3. The van der Waals surface area contributed by atoms with Gasteiger partial charge in [0.1, 0.15) is 9.90 Å². The van der Waals surface area contributed by atoms with E-state index >= 15 is 0 Å². The first-order chi connectivity index (χ1) is 8.79. The molecule has 1 aromatic heterocycles. The summed E-state index contributed by atoms with van der Waals surface area (Å²) in [5.41, 5.74) is -0.729. The second kappa shape index (κ2) is 5.35. The van der Waals surface area contributed by atoms with E-state index in [1.165, 1.54) is 12.1 Å². The third-order valence-electron chi connectivity index (χ3n) is 2.06. The van der Waals surface area contributed by atoms with Gasteiger partial charge >= 0.3 is 0 Å². The second-order valence-electron chi connectivity index (χ2n) is 3.41. The molecule has 0 spiro atoms. The molecule has 2 aromatic rings. The monoisotopic (exact) mass is 387 g/mol. The molecule has 0 fully saturated rings. The van der Waals surface area contributed by atoms with E-state index in [0.717, 1.165) is 23.5 Å². The Labute approximate surface area is 125 Å². The van der Waals surface area contributed by atoms with Gasteiger partial charge < -0.3 is 0 Å². The van der Waals surface area contributed by atoms with E-state index < -0.39 is 27.3 Å². The molecule has 1 heterocycles. The lowest BCUT2D eigenvalue weighted by Crippen LogP contribution is -2.14. The van der Waals surface area contributed by atoms with Crippen molar-refractivity contribution in [2.24, 2.45) is 0 Å². The third kappa shape index (κ3) is 3.25. The quantitative estimate of drug-likeness (QED) is 0.855. The molecule has 0 aliphatic heterocycles. The van der Waals surface area contributed by atoms with Crippen LogP contribution in [-0.4, -0.2) is 8.42 Å². The van der Waals surface area contributed by atoms with Crippen LogP contribution in [0.4, 0.5) is 14.5 Å². The van der Waals surface area contributed by atoms with Crippen LogP contribution in [-0.2, 0) is 10.0 Å². The first-order valence-electron chi connectivity index (χ1n) is 4.72. The van der Waals surface area contributed by atoms with Crippen molar-refractivity contribution in [1.29, 1.82) is 0 Å². The topological polar surface area (TPSA) is 46.2 Å². The molecule has 0 atom stereocenters. The Kier molecular flexibility index (Phi) is 4.14. The van der Waals surface area contributed by atoms with Crippen molar-refractivity contribution >= 4 is 54.6 Å². The highest BCUT2D eigenvalue weighted by Gasteiger charge is 2.21. The summed E-state index contributed by atoms with van der Waals surface area (Å²) < 4.78 is 53.1. The Hall–Kier alpha value is -0.700. The lowest BCUT2D eigenvalue weighted by Gasteiger charge is -2.08. The number of benzene rings is 1. The van der Waals surface area contributed by atoms with Crippen LogP contribution in [0.3, 0.4) is 0 Å². The standard InChI is InChI=1S/C10H5BrClF2NO2S2/c11-5-3-6(13)10(7(14)4-5)15-19(16,17)9-2-1-8(12)18-9/h1-4,15H. The van der Waals surface area contributed by atoms with E-state index in [4.69, 9.17) is 11.6 Å². The molecule has 0 unspecified atom stereocenters. The van der Waals surface area contributed by atoms with Crippen LogP contribution in [0.5, 0.6) is 0 Å². The Balaban J connectivity index is 2.41. The van der Waals surface area contributed by atoms with Crippen molar-refractivity contribution < 1.29 is 17.2 Å². The minimum Gasteiger partial charge on any atom is -0.273 e. The van der Waals surface area contributed by atoms with Crippen LogP contribution in [0, 0.1) is 11.6 Å². The third-order valence-corrected chi connectivity index (χ3v) is 5.59. The minimum absolute atomic E-state index is 0.126. The number of halogens is 4. The zero-order chi connectivity index (χ0) is 14.2. The van der Waals surface area contributed by atoms with E-state index in [1.54, 1.807) is 0 Å². The zero-order valence-electron chi connectivity index (χ0n) is 8.95. The second-order valence-corrected chi connectivity index (χ2v) is 7.95. The molecule has 0 radical (unpaired) electrons. The van der Waals surface area contributed by atoms with Crippen molar-refractivity contribution in [2.45, 2.75) is 4.21 Å². The molecule has 0 saturated heterocycles. The SMILES string of the molecule is O=S(=O)(Nc1c(F)cc(Br)cc1F)c1ccc(Cl)s1. The van der Waals surface area contributed by atoms with Crippen molar-refractivity contribution in [3.05, 3.63) is 44.7 Å². The largest absolute Gasteiger partial charge is 0.273 e. The highest BCUT2D eigenvalue weighted by Crippen LogP contribution is 2.30. The van der Waals surface area contributed by atoms with Crippen molar-refractivity contribution in [3.63, 3.8) is 0 Å². The average Bonchev–Trinajstić information content (AvgIpc) is 2.71. The molecule has 1 N–H and O–H groups in total. The maximum Gasteiger partial charge on any atom is 0.271 e. The smallest absolute Gasteiger partial charge is 0.271 e. The van der Waals surface area contributed by atoms with Crippen LogP contribution in [0.25, 0.3) is 0 Å². The number of anilines is 1. The van der Waals surface area contributed by atoms with Crippen LogP contribution in [0.2, 0.25) is 4.34 Å². The normalized spacial score (nSPS) is 11.6. The molecular weight excluding hydrogens is 384 g/mol. The molecule has 3 nitrogen and oxygen atoms in total. The van der Waals surface area contributed by atoms with Gasteiger partial charge in [-0.2, -0.15) is 0 Å². The summed E-state index contributed by atoms with van der Waals surface area (Å²) in [6.07, 6.45) is 0. The number of hydrogen-bond acceptors (Lipinski definition) is 3. The number of nitrogens with one attached hydrogen (secondary N) is 1. The maximum absolute atomic E-state index is 13.5. The van der Waals surface area contributed by atoms with Gasteiger partial charge in [-0.05, 0) is 24.3 Å². The summed E-state index contributed by atoms with van der Waals surface area (Å²) >= 11 is 9.32. The van der Waals surface area contributed by atoms with Gasteiger partial charge in [0.05, 0.1) is 4.34 Å². The number of sulfonamides is 1. The fourth-order valence-corrected chi connectivity index (χ4v) is 4.23. The highest BCUT2D eigenvalue weighted by atomic mass is 79.9. The molecular formula is C10H5BrClF2NO2S2. The van der Waals surface area contributed by atoms with Crippen molar-refractivity contribution in [3.8, 4) is 0 Å². The van der Waals surface area contributed by atoms with Crippen LogP contribution in [0.15, 0.2) is 32.9 Å². The van der Waals surface area contributed by atoms with Crippen LogP contribution in [0.1, 0.15) is 0 Å². The Bertz CT molecular complexity index is 710. The Morgan fingerprint density at radius 3 is 2.26 bits per heavy atom. The van der Waals surface area contributed by atoms with Crippen LogP contribution < -0.4 is 4.72 Å². The summed E-state index contributed by atoms with van der Waals surface area (Å²) in [4.78, 5) is 0. The van der Waals surface area contributed by atoms with Crippen molar-refractivity contribution in [1.82, 2.24) is 0 Å². The van der Waals surface area contributed by atoms with Crippen LogP contribution >= 0.6 is 38.9 Å². The highest BCUT2D eigenvalue weighted by molar-refractivity contribution is 9.10. The molecule has 0 amide bonds. The molecule has 2 rings (SSSR count). The Morgan fingerprint density at radius 2 is 1.79 bits per heavy atom. The van der Waals surface area contributed by atoms with Gasteiger partial charge in [0.15, 0.2) is 11.6 Å². The predicted octanol–water partition coefficient (Wildman–Crippen LogP) is 4.24. The van der Waals surface area contributed by atoms with Gasteiger partial charge in [0, 0.05) is 4.47 Å². The summed E-state index contributed by atoms with van der Waals surface area (Å²) in [7, 11) is -4.06. The summed E-state index contributed by atoms with van der Waals surface area (Å²) in [6.45, 7) is 0. The maximum atomic E-state index is 13.5. The zero-order valence-corrected chi connectivity index (χ0v) is 12.9. The molecule has 0 bridgehead atoms. The number of rotatable bonds is 3. The van der Waals surface area contributed by atoms with E-state index in [9.17, 15) is 17.2 Å². The lowest BCUT2D eigenvalue weighted by molar-refractivity contribution is 0.582. The number of hydrogen-bond donors (Lipinski definition) is 1. The van der Waals surface area contributed by atoms with E-state index in [0.29, 0.717) is 0 Å². The Morgan fingerprint density at radius 1 is 1.21 bits per heavy atom.